The van der Waals surface area contributed by atoms with E-state index >= 15 is 0 Å². The first-order valence-electron chi connectivity index (χ1n) is 7.11. The summed E-state index contributed by atoms with van der Waals surface area (Å²) in [6, 6.07) is 15.8. The highest BCUT2D eigenvalue weighted by molar-refractivity contribution is 5.80. The molecule has 1 N–H and O–H groups in total. The highest BCUT2D eigenvalue weighted by Crippen LogP contribution is 2.13. The van der Waals surface area contributed by atoms with Gasteiger partial charge < -0.3 is 10.1 Å². The molecule has 0 heterocycles. The zero-order chi connectivity index (χ0) is 15.2. The topological polar surface area (TPSA) is 38.3 Å². The van der Waals surface area contributed by atoms with E-state index in [9.17, 15) is 4.79 Å². The molecule has 0 aliphatic carbocycles. The zero-order valence-corrected chi connectivity index (χ0v) is 12.7. The van der Waals surface area contributed by atoms with Gasteiger partial charge in [-0.15, -0.1) is 0 Å². The maximum atomic E-state index is 12.0. The summed E-state index contributed by atoms with van der Waals surface area (Å²) in [5, 5.41) is 2.89. The lowest BCUT2D eigenvalue weighted by atomic mass is 10.1. The van der Waals surface area contributed by atoms with Crippen molar-refractivity contribution in [3.63, 3.8) is 0 Å². The Morgan fingerprint density at radius 2 is 1.81 bits per heavy atom. The standard InChI is InChI=1S/C18H21NO2/c1-13-7-9-17(10-8-13)21-15(3)18(20)19-12-16-6-4-5-14(2)11-16/h4-11,15H,12H2,1-3H3,(H,19,20)/t15-/m1/s1. The van der Waals surface area contributed by atoms with Crippen LogP contribution in [0.2, 0.25) is 0 Å². The van der Waals surface area contributed by atoms with Crippen molar-refractivity contribution in [2.45, 2.75) is 33.4 Å². The number of carbonyl (C=O) groups is 1. The average molecular weight is 283 g/mol. The van der Waals surface area contributed by atoms with Gasteiger partial charge in [0.2, 0.25) is 0 Å². The van der Waals surface area contributed by atoms with Gasteiger partial charge >= 0.3 is 0 Å². The fourth-order valence-electron chi connectivity index (χ4n) is 2.03. The Kier molecular flexibility index (Phi) is 4.99. The van der Waals surface area contributed by atoms with Crippen LogP contribution in [0.25, 0.3) is 0 Å². The number of amides is 1. The molecule has 2 aromatic rings. The van der Waals surface area contributed by atoms with Crippen LogP contribution in [0, 0.1) is 13.8 Å². The largest absolute Gasteiger partial charge is 0.481 e. The summed E-state index contributed by atoms with van der Waals surface area (Å²) in [6.45, 7) is 6.32. The molecule has 2 rings (SSSR count). The summed E-state index contributed by atoms with van der Waals surface area (Å²) < 4.78 is 5.63. The minimum Gasteiger partial charge on any atom is -0.481 e. The third-order valence-corrected chi connectivity index (χ3v) is 3.25. The zero-order valence-electron chi connectivity index (χ0n) is 12.7. The molecule has 0 saturated heterocycles. The number of nitrogens with one attached hydrogen (secondary N) is 1. The van der Waals surface area contributed by atoms with Crippen molar-refractivity contribution >= 4 is 5.91 Å². The summed E-state index contributed by atoms with van der Waals surface area (Å²) in [6.07, 6.45) is -0.516. The number of aryl methyl sites for hydroxylation is 2. The van der Waals surface area contributed by atoms with Gasteiger partial charge in [-0.25, -0.2) is 0 Å². The summed E-state index contributed by atoms with van der Waals surface area (Å²) in [7, 11) is 0. The average Bonchev–Trinajstić information content (AvgIpc) is 2.47. The molecule has 3 heteroatoms. The molecule has 0 spiro atoms. The van der Waals surface area contributed by atoms with Gasteiger partial charge in [0, 0.05) is 6.54 Å². The van der Waals surface area contributed by atoms with E-state index in [0.29, 0.717) is 12.3 Å². The number of hydrogen-bond donors (Lipinski definition) is 1. The lowest BCUT2D eigenvalue weighted by molar-refractivity contribution is -0.127. The molecule has 0 fully saturated rings. The highest BCUT2D eigenvalue weighted by atomic mass is 16.5. The molecule has 110 valence electrons. The van der Waals surface area contributed by atoms with E-state index in [4.69, 9.17) is 4.74 Å². The van der Waals surface area contributed by atoms with Crippen LogP contribution in [0.3, 0.4) is 0 Å². The Balaban J connectivity index is 1.86. The molecule has 1 amide bonds. The number of ether oxygens (including phenoxy) is 1. The third-order valence-electron chi connectivity index (χ3n) is 3.25. The molecule has 0 unspecified atom stereocenters. The Hall–Kier alpha value is -2.29. The van der Waals surface area contributed by atoms with E-state index < -0.39 is 6.10 Å². The van der Waals surface area contributed by atoms with Gasteiger partial charge in [0.25, 0.3) is 5.91 Å². The molecule has 3 nitrogen and oxygen atoms in total. The monoisotopic (exact) mass is 283 g/mol. The lowest BCUT2D eigenvalue weighted by Gasteiger charge is -2.15. The molecule has 0 radical (unpaired) electrons. The van der Waals surface area contributed by atoms with E-state index in [-0.39, 0.29) is 5.91 Å². The van der Waals surface area contributed by atoms with Crippen LogP contribution < -0.4 is 10.1 Å². The van der Waals surface area contributed by atoms with Gasteiger partial charge in [-0.05, 0) is 38.5 Å². The predicted molar refractivity (Wildman–Crippen MR) is 84.3 cm³/mol. The van der Waals surface area contributed by atoms with Crippen LogP contribution in [-0.4, -0.2) is 12.0 Å². The summed E-state index contributed by atoms with van der Waals surface area (Å²) in [5.41, 5.74) is 3.44. The van der Waals surface area contributed by atoms with Crippen LogP contribution >= 0.6 is 0 Å². The number of carbonyl (C=O) groups excluding carboxylic acids is 1. The van der Waals surface area contributed by atoms with E-state index in [1.807, 2.05) is 56.3 Å². The van der Waals surface area contributed by atoms with Crippen LogP contribution in [0.1, 0.15) is 23.6 Å². The maximum Gasteiger partial charge on any atom is 0.261 e. The SMILES string of the molecule is Cc1ccc(O[C@H](C)C(=O)NCc2cccc(C)c2)cc1. The second-order valence-corrected chi connectivity index (χ2v) is 5.28. The molecule has 21 heavy (non-hydrogen) atoms. The van der Waals surface area contributed by atoms with Crippen LogP contribution in [-0.2, 0) is 11.3 Å². The van der Waals surface area contributed by atoms with Gasteiger partial charge in [0.05, 0.1) is 0 Å². The molecule has 0 bridgehead atoms. The van der Waals surface area contributed by atoms with Crippen LogP contribution in [0.4, 0.5) is 0 Å². The molecule has 0 aromatic heterocycles. The second kappa shape index (κ2) is 6.93. The Bertz CT molecular complexity index is 605. The highest BCUT2D eigenvalue weighted by Gasteiger charge is 2.14. The van der Waals surface area contributed by atoms with Gasteiger partial charge in [0.1, 0.15) is 5.75 Å². The summed E-state index contributed by atoms with van der Waals surface area (Å²) in [4.78, 5) is 12.0. The number of benzene rings is 2. The Morgan fingerprint density at radius 1 is 1.10 bits per heavy atom. The lowest BCUT2D eigenvalue weighted by Crippen LogP contribution is -2.35. The summed E-state index contributed by atoms with van der Waals surface area (Å²) >= 11 is 0. The predicted octanol–water partition coefficient (Wildman–Crippen LogP) is 3.39. The fourth-order valence-corrected chi connectivity index (χ4v) is 2.03. The van der Waals surface area contributed by atoms with Crippen molar-refractivity contribution in [1.82, 2.24) is 5.32 Å². The van der Waals surface area contributed by atoms with Gasteiger partial charge in [0.15, 0.2) is 6.10 Å². The van der Waals surface area contributed by atoms with Gasteiger partial charge in [-0.2, -0.15) is 0 Å². The van der Waals surface area contributed by atoms with E-state index in [2.05, 4.69) is 11.4 Å². The quantitative estimate of drug-likeness (QED) is 0.913. The second-order valence-electron chi connectivity index (χ2n) is 5.28. The Labute approximate surface area is 126 Å². The molecular weight excluding hydrogens is 262 g/mol. The van der Waals surface area contributed by atoms with Crippen molar-refractivity contribution in [1.29, 1.82) is 0 Å². The van der Waals surface area contributed by atoms with Crippen molar-refractivity contribution in [2.24, 2.45) is 0 Å². The van der Waals surface area contributed by atoms with Crippen molar-refractivity contribution in [3.8, 4) is 5.75 Å². The minimum atomic E-state index is -0.516. The molecule has 2 aromatic carbocycles. The molecule has 1 atom stereocenters. The van der Waals surface area contributed by atoms with E-state index in [0.717, 1.165) is 5.56 Å². The summed E-state index contributed by atoms with van der Waals surface area (Å²) in [5.74, 6) is 0.593. The number of hydrogen-bond acceptors (Lipinski definition) is 2. The smallest absolute Gasteiger partial charge is 0.261 e. The van der Waals surface area contributed by atoms with Gasteiger partial charge in [-0.1, -0.05) is 47.5 Å². The van der Waals surface area contributed by atoms with Crippen LogP contribution in [0.5, 0.6) is 5.75 Å². The van der Waals surface area contributed by atoms with Crippen LogP contribution in [0.15, 0.2) is 48.5 Å². The van der Waals surface area contributed by atoms with Crippen molar-refractivity contribution in [2.75, 3.05) is 0 Å². The Morgan fingerprint density at radius 3 is 2.48 bits per heavy atom. The first-order valence-corrected chi connectivity index (χ1v) is 7.11. The minimum absolute atomic E-state index is 0.114. The first kappa shape index (κ1) is 15.1. The number of rotatable bonds is 5. The van der Waals surface area contributed by atoms with Crippen molar-refractivity contribution < 1.29 is 9.53 Å². The van der Waals surface area contributed by atoms with Crippen molar-refractivity contribution in [3.05, 3.63) is 65.2 Å². The van der Waals surface area contributed by atoms with Gasteiger partial charge in [-0.3, -0.25) is 4.79 Å². The molecule has 0 aliphatic heterocycles. The van der Waals surface area contributed by atoms with E-state index in [1.165, 1.54) is 11.1 Å². The molecule has 0 saturated carbocycles. The first-order chi connectivity index (χ1) is 10.0. The van der Waals surface area contributed by atoms with E-state index in [1.54, 1.807) is 6.92 Å². The third kappa shape index (κ3) is 4.63. The maximum absolute atomic E-state index is 12.0. The fraction of sp³-hybridized carbons (Fsp3) is 0.278. The normalized spacial score (nSPS) is 11.8. The molecular formula is C18H21NO2. The molecule has 0 aliphatic rings.